The Morgan fingerprint density at radius 3 is 2.95 bits per heavy atom. The fraction of sp³-hybridized carbons (Fsp3) is 0.571. The Bertz CT molecular complexity index is 427. The molecule has 106 valence electrons. The lowest BCUT2D eigenvalue weighted by Gasteiger charge is -2.37. The van der Waals surface area contributed by atoms with E-state index in [-0.39, 0.29) is 24.6 Å². The van der Waals surface area contributed by atoms with E-state index in [2.05, 4.69) is 4.90 Å². The second-order valence-electron chi connectivity index (χ2n) is 4.87. The van der Waals surface area contributed by atoms with Crippen LogP contribution in [-0.2, 0) is 11.3 Å². The monoisotopic (exact) mass is 269 g/mol. The van der Waals surface area contributed by atoms with Gasteiger partial charge in [-0.1, -0.05) is 6.07 Å². The van der Waals surface area contributed by atoms with Gasteiger partial charge < -0.3 is 14.6 Å². The summed E-state index contributed by atoms with van der Waals surface area (Å²) in [5.74, 6) is 0.253. The number of morpholine rings is 1. The highest BCUT2D eigenvalue weighted by molar-refractivity contribution is 5.28. The average molecular weight is 269 g/mol. The van der Waals surface area contributed by atoms with Gasteiger partial charge in [0.2, 0.25) is 0 Å². The molecule has 1 fully saturated rings. The first-order chi connectivity index (χ1) is 9.13. The molecule has 2 rings (SSSR count). The predicted octanol–water partition coefficient (Wildman–Crippen LogP) is 1.42. The highest BCUT2D eigenvalue weighted by Crippen LogP contribution is 2.20. The van der Waals surface area contributed by atoms with Crippen LogP contribution < -0.4 is 4.74 Å². The van der Waals surface area contributed by atoms with Crippen molar-refractivity contribution in [3.8, 4) is 5.75 Å². The molecule has 1 heterocycles. The van der Waals surface area contributed by atoms with Crippen molar-refractivity contribution in [2.24, 2.45) is 0 Å². The van der Waals surface area contributed by atoms with Crippen molar-refractivity contribution in [1.29, 1.82) is 0 Å². The summed E-state index contributed by atoms with van der Waals surface area (Å²) in [6.07, 6.45) is -0.183. The molecule has 19 heavy (non-hydrogen) atoms. The van der Waals surface area contributed by atoms with Crippen LogP contribution in [0.3, 0.4) is 0 Å². The molecule has 2 atom stereocenters. The number of ether oxygens (including phenoxy) is 2. The summed E-state index contributed by atoms with van der Waals surface area (Å²) in [6, 6.07) is 5.10. The third-order valence-corrected chi connectivity index (χ3v) is 3.47. The van der Waals surface area contributed by atoms with Crippen LogP contribution in [0.5, 0.6) is 5.75 Å². The number of rotatable bonds is 4. The molecule has 0 spiro atoms. The maximum Gasteiger partial charge on any atom is 0.131 e. The predicted molar refractivity (Wildman–Crippen MR) is 69.6 cm³/mol. The van der Waals surface area contributed by atoms with Gasteiger partial charge >= 0.3 is 0 Å². The zero-order chi connectivity index (χ0) is 13.8. The van der Waals surface area contributed by atoms with Crippen LogP contribution in [0.25, 0.3) is 0 Å². The summed E-state index contributed by atoms with van der Waals surface area (Å²) >= 11 is 0. The smallest absolute Gasteiger partial charge is 0.131 e. The maximum absolute atomic E-state index is 13.9. The highest BCUT2D eigenvalue weighted by Gasteiger charge is 2.26. The lowest BCUT2D eigenvalue weighted by molar-refractivity contribution is -0.0807. The molecule has 1 N–H and O–H groups in total. The molecule has 1 aliphatic heterocycles. The summed E-state index contributed by atoms with van der Waals surface area (Å²) in [7, 11) is 1.52. The largest absolute Gasteiger partial charge is 0.497 e. The second kappa shape index (κ2) is 6.32. The van der Waals surface area contributed by atoms with Crippen molar-refractivity contribution < 1.29 is 19.0 Å². The average Bonchev–Trinajstić information content (AvgIpc) is 2.43. The third kappa shape index (κ3) is 3.43. The zero-order valence-electron chi connectivity index (χ0n) is 11.3. The molecule has 0 aliphatic carbocycles. The molecule has 0 bridgehead atoms. The van der Waals surface area contributed by atoms with Gasteiger partial charge in [0.25, 0.3) is 0 Å². The number of nitrogens with zero attached hydrogens (tertiary/aromatic N) is 1. The van der Waals surface area contributed by atoms with Gasteiger partial charge in [-0.3, -0.25) is 4.90 Å². The van der Waals surface area contributed by atoms with Crippen LogP contribution in [0, 0.1) is 5.82 Å². The maximum atomic E-state index is 13.9. The first-order valence-electron chi connectivity index (χ1n) is 6.43. The third-order valence-electron chi connectivity index (χ3n) is 3.47. The summed E-state index contributed by atoms with van der Waals surface area (Å²) in [5, 5.41) is 9.14. The molecule has 4 nitrogen and oxygen atoms in total. The highest BCUT2D eigenvalue weighted by atomic mass is 19.1. The molecule has 1 aromatic carbocycles. The normalized spacial score (nSPS) is 24.4. The number of benzene rings is 1. The van der Waals surface area contributed by atoms with Crippen LogP contribution >= 0.6 is 0 Å². The Kier molecular flexibility index (Phi) is 4.74. The van der Waals surface area contributed by atoms with E-state index in [1.54, 1.807) is 12.1 Å². The van der Waals surface area contributed by atoms with E-state index in [4.69, 9.17) is 14.6 Å². The van der Waals surface area contributed by atoms with Crippen LogP contribution in [0.2, 0.25) is 0 Å². The molecule has 0 amide bonds. The van der Waals surface area contributed by atoms with E-state index >= 15 is 0 Å². The summed E-state index contributed by atoms with van der Waals surface area (Å²) < 4.78 is 24.4. The van der Waals surface area contributed by atoms with Gasteiger partial charge in [0, 0.05) is 30.8 Å². The molecule has 1 aliphatic rings. The Morgan fingerprint density at radius 1 is 1.53 bits per heavy atom. The van der Waals surface area contributed by atoms with E-state index in [9.17, 15) is 4.39 Å². The van der Waals surface area contributed by atoms with Crippen LogP contribution in [-0.4, -0.2) is 49.0 Å². The summed E-state index contributed by atoms with van der Waals surface area (Å²) in [4.78, 5) is 2.12. The van der Waals surface area contributed by atoms with Crippen molar-refractivity contribution in [2.45, 2.75) is 25.6 Å². The minimum Gasteiger partial charge on any atom is -0.497 e. The van der Waals surface area contributed by atoms with E-state index in [0.29, 0.717) is 31.0 Å². The van der Waals surface area contributed by atoms with E-state index in [1.165, 1.54) is 13.2 Å². The number of hydrogen-bond acceptors (Lipinski definition) is 4. The van der Waals surface area contributed by atoms with Gasteiger partial charge in [-0.15, -0.1) is 0 Å². The zero-order valence-corrected chi connectivity index (χ0v) is 11.3. The van der Waals surface area contributed by atoms with Crippen molar-refractivity contribution in [2.75, 3.05) is 26.9 Å². The van der Waals surface area contributed by atoms with Gasteiger partial charge in [-0.2, -0.15) is 0 Å². The standard InChI is InChI=1S/C14H20FNO3/c1-10-9-19-13(8-17)7-16(10)6-11-3-4-12(18-2)5-14(11)15/h3-5,10,13,17H,6-9H2,1-2H3. The van der Waals surface area contributed by atoms with Crippen molar-refractivity contribution in [3.05, 3.63) is 29.6 Å². The lowest BCUT2D eigenvalue weighted by Crippen LogP contribution is -2.48. The number of halogens is 1. The molecule has 5 heteroatoms. The Balaban J connectivity index is 2.06. The van der Waals surface area contributed by atoms with Gasteiger partial charge in [-0.05, 0) is 13.0 Å². The SMILES string of the molecule is COc1ccc(CN2CC(CO)OCC2C)c(F)c1. The Labute approximate surface area is 112 Å². The quantitative estimate of drug-likeness (QED) is 0.897. The molecule has 1 aromatic rings. The topological polar surface area (TPSA) is 41.9 Å². The summed E-state index contributed by atoms with van der Waals surface area (Å²) in [6.45, 7) is 3.71. The molecule has 0 aromatic heterocycles. The fourth-order valence-corrected chi connectivity index (χ4v) is 2.21. The number of aliphatic hydroxyl groups is 1. The van der Waals surface area contributed by atoms with Crippen molar-refractivity contribution >= 4 is 0 Å². The van der Waals surface area contributed by atoms with E-state index in [1.807, 2.05) is 6.92 Å². The first kappa shape index (κ1) is 14.2. The van der Waals surface area contributed by atoms with Gasteiger partial charge in [-0.25, -0.2) is 4.39 Å². The van der Waals surface area contributed by atoms with Crippen LogP contribution in [0.4, 0.5) is 4.39 Å². The number of hydrogen-bond donors (Lipinski definition) is 1. The minimum absolute atomic E-state index is 0.00564. The first-order valence-corrected chi connectivity index (χ1v) is 6.43. The van der Waals surface area contributed by atoms with Gasteiger partial charge in [0.15, 0.2) is 0 Å². The summed E-state index contributed by atoms with van der Waals surface area (Å²) in [5.41, 5.74) is 0.631. The molecule has 2 unspecified atom stereocenters. The van der Waals surface area contributed by atoms with E-state index in [0.717, 1.165) is 0 Å². The molecular weight excluding hydrogens is 249 g/mol. The van der Waals surface area contributed by atoms with Crippen molar-refractivity contribution in [3.63, 3.8) is 0 Å². The second-order valence-corrected chi connectivity index (χ2v) is 4.87. The van der Waals surface area contributed by atoms with Crippen LogP contribution in [0.15, 0.2) is 18.2 Å². The van der Waals surface area contributed by atoms with E-state index < -0.39 is 0 Å². The van der Waals surface area contributed by atoms with Gasteiger partial charge in [0.05, 0.1) is 26.4 Å². The minimum atomic E-state index is -0.265. The Hall–Kier alpha value is -1.17. The Morgan fingerprint density at radius 2 is 2.32 bits per heavy atom. The molecule has 0 saturated carbocycles. The molecule has 0 radical (unpaired) electrons. The molecule has 1 saturated heterocycles. The number of methoxy groups -OCH3 is 1. The molecular formula is C14H20FNO3. The van der Waals surface area contributed by atoms with Crippen LogP contribution in [0.1, 0.15) is 12.5 Å². The fourth-order valence-electron chi connectivity index (χ4n) is 2.21. The lowest BCUT2D eigenvalue weighted by atomic mass is 10.1. The van der Waals surface area contributed by atoms with Gasteiger partial charge in [0.1, 0.15) is 11.6 Å². The van der Waals surface area contributed by atoms with Crippen molar-refractivity contribution in [1.82, 2.24) is 4.90 Å². The number of aliphatic hydroxyl groups excluding tert-OH is 1.